The predicted octanol–water partition coefficient (Wildman–Crippen LogP) is 4.18. The van der Waals surface area contributed by atoms with Gasteiger partial charge < -0.3 is 9.47 Å². The molecule has 0 aliphatic rings. The van der Waals surface area contributed by atoms with Crippen LogP contribution in [-0.4, -0.2) is 11.9 Å². The summed E-state index contributed by atoms with van der Waals surface area (Å²) < 4.78 is 12.5. The molecule has 0 unspecified atom stereocenters. The summed E-state index contributed by atoms with van der Waals surface area (Å²) in [6.07, 6.45) is 0. The fourth-order valence-electron chi connectivity index (χ4n) is 2.42. The number of carbonyl (C=O) groups excluding carboxylic acids is 2. The maximum absolute atomic E-state index is 11.0. The molecule has 1 aromatic heterocycles. The Kier molecular flexibility index (Phi) is 4.30. The molecule has 3 rings (SSSR count). The summed E-state index contributed by atoms with van der Waals surface area (Å²) >= 11 is 1.71. The van der Waals surface area contributed by atoms with Crippen molar-refractivity contribution >= 4 is 43.4 Å². The van der Waals surface area contributed by atoms with E-state index in [0.717, 1.165) is 21.9 Å². The normalized spacial score (nSPS) is 10.9. The second-order valence-electron chi connectivity index (χ2n) is 5.32. The Bertz CT molecular complexity index is 822. The summed E-state index contributed by atoms with van der Waals surface area (Å²) in [6, 6.07) is 12.1. The van der Waals surface area contributed by atoms with Crippen LogP contribution < -0.4 is 0 Å². The highest BCUT2D eigenvalue weighted by Gasteiger charge is 2.08. The van der Waals surface area contributed by atoms with Crippen LogP contribution in [0.4, 0.5) is 0 Å². The number of hydrogen-bond acceptors (Lipinski definition) is 5. The molecule has 0 radical (unpaired) electrons. The van der Waals surface area contributed by atoms with E-state index in [4.69, 9.17) is 9.47 Å². The molecule has 23 heavy (non-hydrogen) atoms. The summed E-state index contributed by atoms with van der Waals surface area (Å²) in [4.78, 5) is 21.9. The minimum Gasteiger partial charge on any atom is -0.461 e. The molecular weight excluding hydrogens is 312 g/mol. The standard InChI is InChI=1S/C18H16O4S/c1-11(19)21-9-13-3-5-17-15(7-13)16-8-14(10-22-12(2)20)4-6-18(16)23-17/h3-8H,9-10H2,1-2H3. The molecule has 0 saturated heterocycles. The summed E-state index contributed by atoms with van der Waals surface area (Å²) in [5, 5.41) is 2.25. The van der Waals surface area contributed by atoms with E-state index in [1.54, 1.807) is 11.3 Å². The molecule has 1 heterocycles. The molecule has 0 aliphatic carbocycles. The van der Waals surface area contributed by atoms with Crippen LogP contribution in [0.3, 0.4) is 0 Å². The monoisotopic (exact) mass is 328 g/mol. The lowest BCUT2D eigenvalue weighted by Gasteiger charge is -2.04. The van der Waals surface area contributed by atoms with Gasteiger partial charge >= 0.3 is 11.9 Å². The van der Waals surface area contributed by atoms with Crippen molar-refractivity contribution in [2.75, 3.05) is 0 Å². The number of rotatable bonds is 4. The highest BCUT2D eigenvalue weighted by atomic mass is 32.1. The molecule has 118 valence electrons. The number of benzene rings is 2. The molecule has 0 amide bonds. The molecule has 4 nitrogen and oxygen atoms in total. The molecule has 0 N–H and O–H groups in total. The van der Waals surface area contributed by atoms with E-state index in [9.17, 15) is 9.59 Å². The Balaban J connectivity index is 1.98. The van der Waals surface area contributed by atoms with Crippen LogP contribution in [0.15, 0.2) is 36.4 Å². The van der Waals surface area contributed by atoms with E-state index in [0.29, 0.717) is 0 Å². The molecule has 0 saturated carbocycles. The van der Waals surface area contributed by atoms with Crippen LogP contribution in [0.25, 0.3) is 20.2 Å². The first-order valence-corrected chi connectivity index (χ1v) is 8.05. The lowest BCUT2D eigenvalue weighted by atomic mass is 10.1. The van der Waals surface area contributed by atoms with Gasteiger partial charge in [-0.2, -0.15) is 0 Å². The smallest absolute Gasteiger partial charge is 0.302 e. The van der Waals surface area contributed by atoms with Gasteiger partial charge in [0.1, 0.15) is 13.2 Å². The average Bonchev–Trinajstić information content (AvgIpc) is 2.88. The van der Waals surface area contributed by atoms with E-state index in [1.807, 2.05) is 36.4 Å². The van der Waals surface area contributed by atoms with Crippen molar-refractivity contribution in [1.82, 2.24) is 0 Å². The van der Waals surface area contributed by atoms with Gasteiger partial charge in [-0.05, 0) is 35.4 Å². The lowest BCUT2D eigenvalue weighted by Crippen LogP contribution is -1.98. The summed E-state index contributed by atoms with van der Waals surface area (Å²) in [5.41, 5.74) is 1.91. The lowest BCUT2D eigenvalue weighted by molar-refractivity contribution is -0.143. The SMILES string of the molecule is CC(=O)OCc1ccc2sc3ccc(COC(C)=O)cc3c2c1. The van der Waals surface area contributed by atoms with E-state index >= 15 is 0 Å². The number of ether oxygens (including phenoxy) is 2. The number of fused-ring (bicyclic) bond motifs is 3. The topological polar surface area (TPSA) is 52.6 Å². The van der Waals surface area contributed by atoms with E-state index in [-0.39, 0.29) is 25.2 Å². The Hall–Kier alpha value is -2.40. The fourth-order valence-corrected chi connectivity index (χ4v) is 3.49. The second kappa shape index (κ2) is 6.38. The molecular formula is C18H16O4S. The number of carbonyl (C=O) groups is 2. The van der Waals surface area contributed by atoms with Crippen molar-refractivity contribution in [3.63, 3.8) is 0 Å². The quantitative estimate of drug-likeness (QED) is 0.674. The fraction of sp³-hybridized carbons (Fsp3) is 0.222. The van der Waals surface area contributed by atoms with E-state index in [1.165, 1.54) is 23.2 Å². The highest BCUT2D eigenvalue weighted by molar-refractivity contribution is 7.25. The minimum absolute atomic E-state index is 0.274. The molecule has 0 aliphatic heterocycles. The van der Waals surface area contributed by atoms with Gasteiger partial charge in [-0.25, -0.2) is 0 Å². The Morgan fingerprint density at radius 1 is 0.826 bits per heavy atom. The molecule has 0 spiro atoms. The average molecular weight is 328 g/mol. The largest absolute Gasteiger partial charge is 0.461 e. The molecule has 0 fully saturated rings. The third-order valence-electron chi connectivity index (χ3n) is 3.48. The minimum atomic E-state index is -0.288. The molecule has 5 heteroatoms. The Morgan fingerprint density at radius 2 is 1.26 bits per heavy atom. The van der Waals surface area contributed by atoms with E-state index in [2.05, 4.69) is 0 Å². The zero-order chi connectivity index (χ0) is 16.4. The van der Waals surface area contributed by atoms with Gasteiger partial charge in [-0.15, -0.1) is 11.3 Å². The molecule has 3 aromatic rings. The number of esters is 2. The zero-order valence-electron chi connectivity index (χ0n) is 12.9. The van der Waals surface area contributed by atoms with Crippen LogP contribution in [0.1, 0.15) is 25.0 Å². The van der Waals surface area contributed by atoms with Gasteiger partial charge in [-0.1, -0.05) is 12.1 Å². The Morgan fingerprint density at radius 3 is 1.65 bits per heavy atom. The number of hydrogen-bond donors (Lipinski definition) is 0. The van der Waals surface area contributed by atoms with Crippen molar-refractivity contribution in [3.05, 3.63) is 47.5 Å². The summed E-state index contributed by atoms with van der Waals surface area (Å²) in [7, 11) is 0. The molecule has 0 bridgehead atoms. The van der Waals surface area contributed by atoms with Crippen molar-refractivity contribution in [3.8, 4) is 0 Å². The maximum atomic E-state index is 11.0. The van der Waals surface area contributed by atoms with Crippen LogP contribution in [0.5, 0.6) is 0 Å². The summed E-state index contributed by atoms with van der Waals surface area (Å²) in [6.45, 7) is 3.35. The van der Waals surface area contributed by atoms with Gasteiger partial charge in [0.15, 0.2) is 0 Å². The summed E-state index contributed by atoms with van der Waals surface area (Å²) in [5.74, 6) is -0.576. The third kappa shape index (κ3) is 3.51. The van der Waals surface area contributed by atoms with Crippen LogP contribution in [0, 0.1) is 0 Å². The van der Waals surface area contributed by atoms with Gasteiger partial charge in [0.05, 0.1) is 0 Å². The molecule has 0 atom stereocenters. The second-order valence-corrected chi connectivity index (χ2v) is 6.41. The van der Waals surface area contributed by atoms with Crippen molar-refractivity contribution < 1.29 is 19.1 Å². The van der Waals surface area contributed by atoms with Crippen molar-refractivity contribution in [2.24, 2.45) is 0 Å². The van der Waals surface area contributed by atoms with Gasteiger partial charge in [0.2, 0.25) is 0 Å². The zero-order valence-corrected chi connectivity index (χ0v) is 13.7. The van der Waals surface area contributed by atoms with Crippen LogP contribution in [-0.2, 0) is 32.3 Å². The first-order valence-electron chi connectivity index (χ1n) is 7.24. The predicted molar refractivity (Wildman–Crippen MR) is 90.3 cm³/mol. The highest BCUT2D eigenvalue weighted by Crippen LogP contribution is 2.35. The van der Waals surface area contributed by atoms with Gasteiger partial charge in [0, 0.05) is 34.0 Å². The van der Waals surface area contributed by atoms with Crippen LogP contribution in [0.2, 0.25) is 0 Å². The first-order chi connectivity index (χ1) is 11.0. The van der Waals surface area contributed by atoms with Gasteiger partial charge in [-0.3, -0.25) is 9.59 Å². The van der Waals surface area contributed by atoms with E-state index < -0.39 is 0 Å². The third-order valence-corrected chi connectivity index (χ3v) is 4.63. The van der Waals surface area contributed by atoms with Crippen molar-refractivity contribution in [2.45, 2.75) is 27.1 Å². The molecule has 2 aromatic carbocycles. The first kappa shape index (κ1) is 15.5. The maximum Gasteiger partial charge on any atom is 0.302 e. The Labute approximate surface area is 137 Å². The van der Waals surface area contributed by atoms with Gasteiger partial charge in [0.25, 0.3) is 0 Å². The van der Waals surface area contributed by atoms with Crippen LogP contribution >= 0.6 is 11.3 Å². The van der Waals surface area contributed by atoms with Crippen molar-refractivity contribution in [1.29, 1.82) is 0 Å². The number of thiophene rings is 1.